The van der Waals surface area contributed by atoms with Crippen molar-refractivity contribution in [2.45, 2.75) is 6.04 Å². The first kappa shape index (κ1) is 10.3. The summed E-state index contributed by atoms with van der Waals surface area (Å²) in [7, 11) is 0. The van der Waals surface area contributed by atoms with Gasteiger partial charge in [0.1, 0.15) is 6.04 Å². The predicted octanol–water partition coefficient (Wildman–Crippen LogP) is 1.82. The van der Waals surface area contributed by atoms with Gasteiger partial charge >= 0.3 is 0 Å². The van der Waals surface area contributed by atoms with Crippen molar-refractivity contribution < 1.29 is 5.21 Å². The molecule has 1 aromatic heterocycles. The van der Waals surface area contributed by atoms with Crippen molar-refractivity contribution in [2.24, 2.45) is 10.9 Å². The minimum Gasteiger partial charge on any atom is -0.409 e. The normalized spacial score (nSPS) is 13.6. The molecule has 0 saturated carbocycles. The predicted molar refractivity (Wildman–Crippen MR) is 62.4 cm³/mol. The highest BCUT2D eigenvalue weighted by atomic mass is 16.4. The molecule has 3 N–H and O–H groups in total. The van der Waals surface area contributed by atoms with Crippen molar-refractivity contribution in [3.05, 3.63) is 60.4 Å². The minimum atomic E-state index is -0.263. The molecule has 0 spiro atoms. The topological polar surface area (TPSA) is 63.5 Å². The van der Waals surface area contributed by atoms with Crippen LogP contribution in [0.5, 0.6) is 0 Å². The second kappa shape index (κ2) is 4.53. The average Bonchev–Trinajstić information content (AvgIpc) is 2.84. The van der Waals surface area contributed by atoms with Crippen LogP contribution in [0.25, 0.3) is 0 Å². The van der Waals surface area contributed by atoms with Gasteiger partial charge in [0.25, 0.3) is 0 Å². The van der Waals surface area contributed by atoms with Crippen LogP contribution in [0.2, 0.25) is 0 Å². The summed E-state index contributed by atoms with van der Waals surface area (Å²) in [5, 5.41) is 11.9. The third kappa shape index (κ3) is 1.91. The van der Waals surface area contributed by atoms with E-state index in [4.69, 9.17) is 10.9 Å². The first-order valence-corrected chi connectivity index (χ1v) is 4.97. The Bertz CT molecular complexity index is 462. The maximum absolute atomic E-state index is 8.81. The highest BCUT2D eigenvalue weighted by Crippen LogP contribution is 2.18. The summed E-state index contributed by atoms with van der Waals surface area (Å²) < 4.78 is 1.89. The molecule has 0 fully saturated rings. The molecular formula is C12H13N3O. The molecule has 0 radical (unpaired) electrons. The number of hydrogen-bond acceptors (Lipinski definition) is 2. The summed E-state index contributed by atoms with van der Waals surface area (Å²) in [6.45, 7) is 0. The maximum Gasteiger partial charge on any atom is 0.166 e. The molecule has 4 heteroatoms. The fourth-order valence-corrected chi connectivity index (χ4v) is 1.71. The van der Waals surface area contributed by atoms with Crippen molar-refractivity contribution in [3.8, 4) is 0 Å². The van der Waals surface area contributed by atoms with Crippen LogP contribution in [-0.2, 0) is 0 Å². The van der Waals surface area contributed by atoms with Gasteiger partial charge in [0.05, 0.1) is 0 Å². The minimum absolute atomic E-state index is 0.169. The van der Waals surface area contributed by atoms with Crippen molar-refractivity contribution >= 4 is 5.84 Å². The van der Waals surface area contributed by atoms with E-state index in [9.17, 15) is 0 Å². The molecule has 2 aromatic rings. The van der Waals surface area contributed by atoms with E-state index in [0.717, 1.165) is 5.56 Å². The van der Waals surface area contributed by atoms with Crippen LogP contribution in [-0.4, -0.2) is 15.6 Å². The third-order valence-electron chi connectivity index (χ3n) is 2.44. The highest BCUT2D eigenvalue weighted by molar-refractivity contribution is 5.86. The molecule has 0 amide bonds. The van der Waals surface area contributed by atoms with Crippen LogP contribution in [0.4, 0.5) is 0 Å². The molecular weight excluding hydrogens is 202 g/mol. The van der Waals surface area contributed by atoms with Crippen LogP contribution < -0.4 is 5.73 Å². The lowest BCUT2D eigenvalue weighted by atomic mass is 10.1. The van der Waals surface area contributed by atoms with Gasteiger partial charge in [0.15, 0.2) is 5.84 Å². The molecule has 1 aromatic carbocycles. The largest absolute Gasteiger partial charge is 0.409 e. The highest BCUT2D eigenvalue weighted by Gasteiger charge is 2.17. The van der Waals surface area contributed by atoms with Gasteiger partial charge in [-0.1, -0.05) is 35.5 Å². The van der Waals surface area contributed by atoms with Gasteiger partial charge in [-0.3, -0.25) is 0 Å². The summed E-state index contributed by atoms with van der Waals surface area (Å²) in [5.74, 6) is 0.169. The SMILES string of the molecule is NC(=NO)[C@@H](c1ccccc1)n1cccc1. The molecule has 2 rings (SSSR count). The molecule has 1 heterocycles. The van der Waals surface area contributed by atoms with Gasteiger partial charge in [-0.15, -0.1) is 0 Å². The molecule has 16 heavy (non-hydrogen) atoms. The Balaban J connectivity index is 2.45. The molecule has 0 aliphatic heterocycles. The molecule has 0 saturated heterocycles. The van der Waals surface area contributed by atoms with Crippen molar-refractivity contribution in [1.82, 2.24) is 4.57 Å². The molecule has 1 atom stereocenters. The smallest absolute Gasteiger partial charge is 0.166 e. The monoisotopic (exact) mass is 215 g/mol. The molecule has 4 nitrogen and oxygen atoms in total. The van der Waals surface area contributed by atoms with Gasteiger partial charge < -0.3 is 15.5 Å². The molecule has 0 unspecified atom stereocenters. The van der Waals surface area contributed by atoms with Crippen LogP contribution in [0.3, 0.4) is 0 Å². The average molecular weight is 215 g/mol. The van der Waals surface area contributed by atoms with Gasteiger partial charge in [0, 0.05) is 12.4 Å². The van der Waals surface area contributed by atoms with Crippen molar-refractivity contribution in [1.29, 1.82) is 0 Å². The lowest BCUT2D eigenvalue weighted by Gasteiger charge is -2.17. The van der Waals surface area contributed by atoms with Crippen molar-refractivity contribution in [3.63, 3.8) is 0 Å². The van der Waals surface area contributed by atoms with E-state index >= 15 is 0 Å². The molecule has 0 bridgehead atoms. The zero-order valence-electron chi connectivity index (χ0n) is 8.69. The molecule has 0 aliphatic carbocycles. The fourth-order valence-electron chi connectivity index (χ4n) is 1.71. The maximum atomic E-state index is 8.81. The lowest BCUT2D eigenvalue weighted by Crippen LogP contribution is -2.27. The van der Waals surface area contributed by atoms with E-state index in [1.165, 1.54) is 0 Å². The van der Waals surface area contributed by atoms with E-state index in [-0.39, 0.29) is 11.9 Å². The Labute approximate surface area is 93.6 Å². The Morgan fingerprint density at radius 1 is 1.12 bits per heavy atom. The number of hydrogen-bond donors (Lipinski definition) is 2. The Hall–Kier alpha value is -2.23. The number of nitrogens with zero attached hydrogens (tertiary/aromatic N) is 2. The van der Waals surface area contributed by atoms with Crippen molar-refractivity contribution in [2.75, 3.05) is 0 Å². The summed E-state index contributed by atoms with van der Waals surface area (Å²) >= 11 is 0. The van der Waals surface area contributed by atoms with Crippen LogP contribution >= 0.6 is 0 Å². The van der Waals surface area contributed by atoms with Gasteiger partial charge in [0.2, 0.25) is 0 Å². The second-order valence-electron chi connectivity index (χ2n) is 3.47. The fraction of sp³-hybridized carbons (Fsp3) is 0.0833. The number of oxime groups is 1. The van der Waals surface area contributed by atoms with Gasteiger partial charge in [-0.25, -0.2) is 0 Å². The van der Waals surface area contributed by atoms with Crippen LogP contribution in [0.15, 0.2) is 60.0 Å². The number of aromatic nitrogens is 1. The van der Waals surface area contributed by atoms with E-state index in [0.29, 0.717) is 0 Å². The third-order valence-corrected chi connectivity index (χ3v) is 2.44. The Kier molecular flexibility index (Phi) is 2.91. The molecule has 82 valence electrons. The summed E-state index contributed by atoms with van der Waals surface area (Å²) in [6.07, 6.45) is 3.77. The van der Waals surface area contributed by atoms with Gasteiger partial charge in [-0.05, 0) is 17.7 Å². The van der Waals surface area contributed by atoms with E-state index in [2.05, 4.69) is 5.16 Å². The first-order valence-electron chi connectivity index (χ1n) is 4.97. The Morgan fingerprint density at radius 3 is 2.31 bits per heavy atom. The van der Waals surface area contributed by atoms with E-state index in [1.54, 1.807) is 0 Å². The zero-order valence-corrected chi connectivity index (χ0v) is 8.69. The number of benzene rings is 1. The lowest BCUT2D eigenvalue weighted by molar-refractivity contribution is 0.315. The Morgan fingerprint density at radius 2 is 1.75 bits per heavy atom. The van der Waals surface area contributed by atoms with Crippen LogP contribution in [0, 0.1) is 0 Å². The van der Waals surface area contributed by atoms with Gasteiger partial charge in [-0.2, -0.15) is 0 Å². The first-order chi connectivity index (χ1) is 7.83. The number of rotatable bonds is 3. The summed E-state index contributed by atoms with van der Waals surface area (Å²) in [5.41, 5.74) is 6.70. The number of nitrogens with two attached hydrogens (primary N) is 1. The van der Waals surface area contributed by atoms with Crippen LogP contribution in [0.1, 0.15) is 11.6 Å². The standard InChI is InChI=1S/C12H13N3O/c13-12(14-16)11(15-8-4-5-9-15)10-6-2-1-3-7-10/h1-9,11,16H,(H2,13,14)/t11-/m1/s1. The second-order valence-corrected chi connectivity index (χ2v) is 3.47. The quantitative estimate of drug-likeness (QED) is 0.355. The number of amidine groups is 1. The molecule has 0 aliphatic rings. The summed E-state index contributed by atoms with van der Waals surface area (Å²) in [4.78, 5) is 0. The van der Waals surface area contributed by atoms with E-state index < -0.39 is 0 Å². The summed E-state index contributed by atoms with van der Waals surface area (Å²) in [6, 6.07) is 13.2. The zero-order chi connectivity index (χ0) is 11.4. The van der Waals surface area contributed by atoms with E-state index in [1.807, 2.05) is 59.4 Å².